The number of likely N-dealkylation sites (tertiary alicyclic amines) is 1. The Balaban J connectivity index is 1.45. The third kappa shape index (κ3) is 5.16. The van der Waals surface area contributed by atoms with Gasteiger partial charge in [-0.3, -0.25) is 0 Å². The lowest BCUT2D eigenvalue weighted by molar-refractivity contribution is -0.147. The number of anilines is 1. The molecule has 210 valence electrons. The summed E-state index contributed by atoms with van der Waals surface area (Å²) in [4.78, 5) is 25.5. The van der Waals surface area contributed by atoms with Crippen LogP contribution >= 0.6 is 0 Å². The van der Waals surface area contributed by atoms with Gasteiger partial charge >= 0.3 is 12.1 Å². The molecule has 2 aliphatic rings. The van der Waals surface area contributed by atoms with Crippen molar-refractivity contribution in [3.63, 3.8) is 0 Å². The van der Waals surface area contributed by atoms with Crippen molar-refractivity contribution in [2.45, 2.75) is 38.0 Å². The van der Waals surface area contributed by atoms with E-state index in [9.17, 15) is 14.7 Å². The molecule has 9 nitrogen and oxygen atoms in total. The fourth-order valence-electron chi connectivity index (χ4n) is 5.57. The van der Waals surface area contributed by atoms with E-state index in [0.29, 0.717) is 23.8 Å². The van der Waals surface area contributed by atoms with Gasteiger partial charge in [-0.25, -0.2) is 9.59 Å². The highest BCUT2D eigenvalue weighted by Gasteiger charge is 2.52. The molecule has 1 aliphatic heterocycles. The number of nitrogens with one attached hydrogen (secondary N) is 1. The molecular formula is C31H34N2O7. The van der Waals surface area contributed by atoms with Crippen LogP contribution in [0.1, 0.15) is 22.3 Å². The van der Waals surface area contributed by atoms with Gasteiger partial charge in [-0.15, -0.1) is 0 Å². The van der Waals surface area contributed by atoms with E-state index in [1.807, 2.05) is 49.4 Å². The largest absolute Gasteiger partial charge is 0.496 e. The van der Waals surface area contributed by atoms with E-state index < -0.39 is 17.6 Å². The Morgan fingerprint density at radius 1 is 0.975 bits per heavy atom. The normalized spacial score (nSPS) is 15.7. The first kappa shape index (κ1) is 27.3. The summed E-state index contributed by atoms with van der Waals surface area (Å²) >= 11 is 0. The number of amides is 1. The van der Waals surface area contributed by atoms with Crippen molar-refractivity contribution in [3.05, 3.63) is 76.9 Å². The molecule has 0 saturated carbocycles. The van der Waals surface area contributed by atoms with Crippen LogP contribution in [-0.2, 0) is 33.7 Å². The third-order valence-electron chi connectivity index (χ3n) is 7.80. The molecule has 0 bridgehead atoms. The van der Waals surface area contributed by atoms with Gasteiger partial charge in [-0.1, -0.05) is 30.3 Å². The summed E-state index contributed by atoms with van der Waals surface area (Å²) in [6.07, 6.45) is 1.19. The van der Waals surface area contributed by atoms with Crippen LogP contribution < -0.4 is 14.8 Å². The zero-order valence-corrected chi connectivity index (χ0v) is 23.2. The molecule has 1 aliphatic carbocycles. The predicted octanol–water partition coefficient (Wildman–Crippen LogP) is 4.68. The molecule has 5 rings (SSSR count). The van der Waals surface area contributed by atoms with Crippen molar-refractivity contribution in [1.29, 1.82) is 0 Å². The van der Waals surface area contributed by atoms with Crippen molar-refractivity contribution in [1.82, 2.24) is 4.90 Å². The van der Waals surface area contributed by atoms with Crippen LogP contribution in [0.5, 0.6) is 11.5 Å². The van der Waals surface area contributed by atoms with Crippen molar-refractivity contribution in [2.24, 2.45) is 0 Å². The van der Waals surface area contributed by atoms with Gasteiger partial charge in [0.05, 0.1) is 47.1 Å². The summed E-state index contributed by atoms with van der Waals surface area (Å²) < 4.78 is 22.4. The molecule has 40 heavy (non-hydrogen) atoms. The van der Waals surface area contributed by atoms with E-state index in [2.05, 4.69) is 17.4 Å². The van der Waals surface area contributed by atoms with E-state index in [1.165, 1.54) is 23.1 Å². The summed E-state index contributed by atoms with van der Waals surface area (Å²) in [6, 6.07) is 18.0. The maximum Gasteiger partial charge on any atom is 0.409 e. The minimum absolute atomic E-state index is 0.00468. The molecule has 0 unspecified atom stereocenters. The van der Waals surface area contributed by atoms with E-state index in [4.69, 9.17) is 18.9 Å². The number of hydrogen-bond donors (Lipinski definition) is 2. The molecule has 3 aromatic carbocycles. The molecule has 0 aromatic heterocycles. The highest BCUT2D eigenvalue weighted by molar-refractivity contribution is 5.88. The lowest BCUT2D eigenvalue weighted by Crippen LogP contribution is -2.71. The van der Waals surface area contributed by atoms with Gasteiger partial charge in [0.2, 0.25) is 0 Å². The monoisotopic (exact) mass is 546 g/mol. The van der Waals surface area contributed by atoms with Gasteiger partial charge < -0.3 is 34.3 Å². The summed E-state index contributed by atoms with van der Waals surface area (Å²) in [5.74, 6) is 0.375. The third-order valence-corrected chi connectivity index (χ3v) is 7.80. The molecule has 1 saturated heterocycles. The number of aliphatic carboxylic acids is 1. The Hall–Kier alpha value is -4.24. The number of benzene rings is 3. The highest BCUT2D eigenvalue weighted by Crippen LogP contribution is 2.38. The lowest BCUT2D eigenvalue weighted by Gasteiger charge is -2.46. The fraction of sp³-hybridized carbons (Fsp3) is 0.355. The number of methoxy groups -OCH3 is 3. The average molecular weight is 547 g/mol. The number of rotatable bonds is 9. The van der Waals surface area contributed by atoms with Gasteiger partial charge in [0.25, 0.3) is 0 Å². The van der Waals surface area contributed by atoms with Crippen molar-refractivity contribution >= 4 is 17.7 Å². The van der Waals surface area contributed by atoms with Crippen LogP contribution in [0.15, 0.2) is 54.6 Å². The number of carboxylic acid groups (broad SMARTS) is 1. The van der Waals surface area contributed by atoms with Gasteiger partial charge in [-0.05, 0) is 71.8 Å². The number of hydrogen-bond acceptors (Lipinski definition) is 7. The quantitative estimate of drug-likeness (QED) is 0.399. The molecule has 0 radical (unpaired) electrons. The van der Waals surface area contributed by atoms with E-state index >= 15 is 0 Å². The second kappa shape index (κ2) is 11.1. The zero-order chi connectivity index (χ0) is 28.4. The van der Waals surface area contributed by atoms with Crippen LogP contribution in [-0.4, -0.2) is 68.1 Å². The van der Waals surface area contributed by atoms with E-state index in [-0.39, 0.29) is 19.2 Å². The molecule has 0 atom stereocenters. The molecule has 0 spiro atoms. The summed E-state index contributed by atoms with van der Waals surface area (Å²) in [5.41, 5.74) is 5.53. The first-order valence-electron chi connectivity index (χ1n) is 13.2. The summed E-state index contributed by atoms with van der Waals surface area (Å²) in [6.45, 7) is 2.26. The van der Waals surface area contributed by atoms with Gasteiger partial charge in [0, 0.05) is 11.3 Å². The number of fused-ring (bicyclic) bond motifs is 1. The summed E-state index contributed by atoms with van der Waals surface area (Å²) in [5, 5.41) is 13.2. The Morgan fingerprint density at radius 2 is 1.60 bits per heavy atom. The molecule has 1 amide bonds. The summed E-state index contributed by atoms with van der Waals surface area (Å²) in [7, 11) is 4.53. The number of carbonyl (C=O) groups excluding carboxylic acids is 1. The van der Waals surface area contributed by atoms with Crippen molar-refractivity contribution < 1.29 is 33.6 Å². The highest BCUT2D eigenvalue weighted by atomic mass is 16.5. The van der Waals surface area contributed by atoms with Crippen LogP contribution in [0.2, 0.25) is 0 Å². The number of carbonyl (C=O) groups is 2. The second-order valence-electron chi connectivity index (χ2n) is 10.3. The smallest absolute Gasteiger partial charge is 0.409 e. The topological polar surface area (TPSA) is 107 Å². The SMILES string of the molecule is COC(=O)N1CC(Nc2ccc(-c3cc(OC)c(C)c(OC)c3)c(COC3Cc4ccccc4C3)c2)(C(=O)O)C1. The van der Waals surface area contributed by atoms with Gasteiger partial charge in [-0.2, -0.15) is 0 Å². The second-order valence-corrected chi connectivity index (χ2v) is 10.3. The van der Waals surface area contributed by atoms with Gasteiger partial charge in [0.15, 0.2) is 5.54 Å². The van der Waals surface area contributed by atoms with Gasteiger partial charge in [0.1, 0.15) is 11.5 Å². The van der Waals surface area contributed by atoms with Crippen LogP contribution in [0.25, 0.3) is 11.1 Å². The standard InChI is InChI=1S/C31H34N2O7/c1-19-27(37-2)14-22(15-28(19)38-3)26-10-9-24(32-31(29(34)35)17-33(18-31)30(36)39-4)11-23(26)16-40-25-12-20-7-5-6-8-21(20)13-25/h5-11,14-15,25,32H,12-13,16-18H2,1-4H3,(H,34,35). The molecule has 2 N–H and O–H groups in total. The molecular weight excluding hydrogens is 512 g/mol. The lowest BCUT2D eigenvalue weighted by atomic mass is 9.89. The average Bonchev–Trinajstić information content (AvgIpc) is 3.36. The molecule has 1 fully saturated rings. The van der Waals surface area contributed by atoms with E-state index in [1.54, 1.807) is 14.2 Å². The van der Waals surface area contributed by atoms with Crippen LogP contribution in [0, 0.1) is 6.92 Å². The number of carboxylic acids is 1. The number of ether oxygens (including phenoxy) is 4. The predicted molar refractivity (Wildman–Crippen MR) is 150 cm³/mol. The zero-order valence-electron chi connectivity index (χ0n) is 23.2. The van der Waals surface area contributed by atoms with E-state index in [0.717, 1.165) is 35.1 Å². The minimum atomic E-state index is -1.31. The molecule has 9 heteroatoms. The van der Waals surface area contributed by atoms with Crippen LogP contribution in [0.4, 0.5) is 10.5 Å². The fourth-order valence-corrected chi connectivity index (χ4v) is 5.57. The first-order chi connectivity index (χ1) is 19.3. The number of nitrogens with zero attached hydrogens (tertiary/aromatic N) is 1. The first-order valence-corrected chi connectivity index (χ1v) is 13.2. The van der Waals surface area contributed by atoms with Crippen molar-refractivity contribution in [3.8, 4) is 22.6 Å². The molecule has 1 heterocycles. The van der Waals surface area contributed by atoms with Crippen LogP contribution in [0.3, 0.4) is 0 Å². The van der Waals surface area contributed by atoms with Crippen molar-refractivity contribution in [2.75, 3.05) is 39.7 Å². The Morgan fingerprint density at radius 3 is 2.15 bits per heavy atom. The maximum atomic E-state index is 12.2. The maximum absolute atomic E-state index is 12.2. The molecule has 3 aromatic rings. The minimum Gasteiger partial charge on any atom is -0.496 e. The Kier molecular flexibility index (Phi) is 7.58. The Labute approximate surface area is 233 Å². The Bertz CT molecular complexity index is 1380.